The van der Waals surface area contributed by atoms with Crippen molar-refractivity contribution in [1.29, 1.82) is 0 Å². The van der Waals surface area contributed by atoms with Crippen LogP contribution in [0.25, 0.3) is 0 Å². The maximum absolute atomic E-state index is 13.2. The van der Waals surface area contributed by atoms with Crippen molar-refractivity contribution >= 4 is 17.2 Å². The van der Waals surface area contributed by atoms with Crippen LogP contribution in [0.4, 0.5) is 13.2 Å². The minimum absolute atomic E-state index is 0.147. The molecule has 0 bridgehead atoms. The summed E-state index contributed by atoms with van der Waals surface area (Å²) in [6.07, 6.45) is -0.171. The highest BCUT2D eigenvalue weighted by Gasteiger charge is 2.61. The third-order valence-electron chi connectivity index (χ3n) is 4.30. The number of carbonyl (C=O) groups excluding carboxylic acids is 1. The molecule has 1 saturated heterocycles. The lowest BCUT2D eigenvalue weighted by Crippen LogP contribution is -2.51. The van der Waals surface area contributed by atoms with E-state index in [1.165, 1.54) is 28.7 Å². The highest BCUT2D eigenvalue weighted by atomic mass is 32.1. The second-order valence-electron chi connectivity index (χ2n) is 6.50. The lowest BCUT2D eigenvalue weighted by Gasteiger charge is -2.28. The van der Waals surface area contributed by atoms with Crippen LogP contribution in [0, 0.1) is 0 Å². The number of carbonyl (C=O) groups is 1. The SMILES string of the molecule is C=CCON(CC)C(=O)c1cnn(Cc2cc(OCC3(C(F)(F)F)OCCO3)cs2)c1. The van der Waals surface area contributed by atoms with Gasteiger partial charge in [-0.2, -0.15) is 18.3 Å². The fourth-order valence-electron chi connectivity index (χ4n) is 2.78. The Hall–Kier alpha value is -2.41. The van der Waals surface area contributed by atoms with E-state index in [4.69, 9.17) is 19.0 Å². The average molecular weight is 461 g/mol. The lowest BCUT2D eigenvalue weighted by atomic mass is 10.3. The van der Waals surface area contributed by atoms with Gasteiger partial charge in [-0.15, -0.1) is 17.9 Å². The minimum Gasteiger partial charge on any atom is -0.487 e. The molecule has 0 atom stereocenters. The standard InChI is InChI=1S/C19H22F3N3O5S/c1-3-5-30-25(4-2)17(26)14-9-23-24(10-14)11-16-8-15(12-31-16)27-13-18(19(20,21)22)28-6-7-29-18/h3,8-10,12H,1,4-7,11,13H2,2H3. The van der Waals surface area contributed by atoms with Gasteiger partial charge < -0.3 is 14.2 Å². The molecular formula is C19H22F3N3O5S. The van der Waals surface area contributed by atoms with Gasteiger partial charge >= 0.3 is 12.0 Å². The van der Waals surface area contributed by atoms with E-state index in [2.05, 4.69) is 11.7 Å². The van der Waals surface area contributed by atoms with Crippen molar-refractivity contribution in [3.8, 4) is 5.75 Å². The molecule has 0 aliphatic carbocycles. The number of thiophene rings is 1. The van der Waals surface area contributed by atoms with Crippen molar-refractivity contribution in [3.63, 3.8) is 0 Å². The molecule has 3 heterocycles. The smallest absolute Gasteiger partial charge is 0.447 e. The number of alkyl halides is 3. The van der Waals surface area contributed by atoms with Gasteiger partial charge in [-0.1, -0.05) is 6.08 Å². The number of nitrogens with zero attached hydrogens (tertiary/aromatic N) is 3. The Morgan fingerprint density at radius 2 is 2.19 bits per heavy atom. The van der Waals surface area contributed by atoms with E-state index in [-0.39, 0.29) is 31.5 Å². The monoisotopic (exact) mass is 461 g/mol. The molecule has 0 radical (unpaired) electrons. The number of aromatic nitrogens is 2. The zero-order valence-electron chi connectivity index (χ0n) is 16.8. The Bertz CT molecular complexity index is 892. The summed E-state index contributed by atoms with van der Waals surface area (Å²) in [6.45, 7) is 5.11. The van der Waals surface area contributed by atoms with Crippen LogP contribution >= 0.6 is 11.3 Å². The first-order valence-electron chi connectivity index (χ1n) is 9.41. The molecule has 1 aliphatic rings. The van der Waals surface area contributed by atoms with Gasteiger partial charge in [0, 0.05) is 23.0 Å². The van der Waals surface area contributed by atoms with Crippen molar-refractivity contribution in [2.45, 2.75) is 25.4 Å². The minimum atomic E-state index is -4.71. The van der Waals surface area contributed by atoms with Gasteiger partial charge in [0.25, 0.3) is 5.91 Å². The van der Waals surface area contributed by atoms with Crippen molar-refractivity contribution in [2.24, 2.45) is 0 Å². The fraction of sp³-hybridized carbons (Fsp3) is 0.474. The van der Waals surface area contributed by atoms with E-state index in [0.717, 1.165) is 4.88 Å². The largest absolute Gasteiger partial charge is 0.487 e. The maximum atomic E-state index is 13.2. The second-order valence-corrected chi connectivity index (χ2v) is 7.49. The zero-order valence-corrected chi connectivity index (χ0v) is 17.6. The molecule has 12 heteroatoms. The number of hydroxylamine groups is 2. The predicted molar refractivity (Wildman–Crippen MR) is 105 cm³/mol. The molecule has 8 nitrogen and oxygen atoms in total. The molecule has 170 valence electrons. The highest BCUT2D eigenvalue weighted by Crippen LogP contribution is 2.38. The number of amides is 1. The molecule has 0 N–H and O–H groups in total. The van der Waals surface area contributed by atoms with Gasteiger partial charge in [-0.25, -0.2) is 5.06 Å². The van der Waals surface area contributed by atoms with Gasteiger partial charge in [0.15, 0.2) is 6.61 Å². The van der Waals surface area contributed by atoms with E-state index in [1.807, 2.05) is 0 Å². The van der Waals surface area contributed by atoms with Crippen molar-refractivity contribution in [2.75, 3.05) is 33.0 Å². The molecule has 0 unspecified atom stereocenters. The van der Waals surface area contributed by atoms with Gasteiger partial charge in [0.2, 0.25) is 0 Å². The summed E-state index contributed by atoms with van der Waals surface area (Å²) >= 11 is 1.29. The summed E-state index contributed by atoms with van der Waals surface area (Å²) < 4.78 is 56.1. The lowest BCUT2D eigenvalue weighted by molar-refractivity contribution is -0.350. The molecular weight excluding hydrogens is 439 g/mol. The summed E-state index contributed by atoms with van der Waals surface area (Å²) in [5, 5.41) is 6.96. The molecule has 0 aromatic carbocycles. The van der Waals surface area contributed by atoms with Crippen molar-refractivity contribution in [1.82, 2.24) is 14.8 Å². The molecule has 2 aromatic heterocycles. The topological polar surface area (TPSA) is 75.1 Å². The number of hydrogen-bond acceptors (Lipinski definition) is 7. The third-order valence-corrected chi connectivity index (χ3v) is 5.20. The molecule has 31 heavy (non-hydrogen) atoms. The van der Waals surface area contributed by atoms with Crippen LogP contribution in [-0.4, -0.2) is 65.7 Å². The Balaban J connectivity index is 1.59. The number of halogens is 3. The van der Waals surface area contributed by atoms with Crippen LogP contribution in [0.5, 0.6) is 5.75 Å². The summed E-state index contributed by atoms with van der Waals surface area (Å²) in [4.78, 5) is 18.5. The zero-order chi connectivity index (χ0) is 22.5. The molecule has 0 spiro atoms. The Kier molecular flexibility index (Phi) is 7.36. The first-order valence-corrected chi connectivity index (χ1v) is 10.3. The van der Waals surface area contributed by atoms with E-state index in [1.54, 1.807) is 29.2 Å². The number of ether oxygens (including phenoxy) is 3. The maximum Gasteiger partial charge on any atom is 0.447 e. The van der Waals surface area contributed by atoms with E-state index in [9.17, 15) is 18.0 Å². The van der Waals surface area contributed by atoms with Crippen LogP contribution < -0.4 is 4.74 Å². The Morgan fingerprint density at radius 1 is 1.45 bits per heavy atom. The summed E-state index contributed by atoms with van der Waals surface area (Å²) in [7, 11) is 0. The van der Waals surface area contributed by atoms with Crippen LogP contribution in [0.3, 0.4) is 0 Å². The third kappa shape index (κ3) is 5.45. The van der Waals surface area contributed by atoms with Crippen LogP contribution in [0.15, 0.2) is 36.5 Å². The molecule has 1 aliphatic heterocycles. The van der Waals surface area contributed by atoms with Gasteiger partial charge in [-0.3, -0.25) is 14.3 Å². The van der Waals surface area contributed by atoms with Crippen molar-refractivity contribution < 1.29 is 37.0 Å². The van der Waals surface area contributed by atoms with Crippen LogP contribution in [-0.2, 0) is 20.9 Å². The highest BCUT2D eigenvalue weighted by molar-refractivity contribution is 7.10. The quantitative estimate of drug-likeness (QED) is 0.400. The normalized spacial score (nSPS) is 15.7. The first kappa shape index (κ1) is 23.3. The molecule has 2 aromatic rings. The fourth-order valence-corrected chi connectivity index (χ4v) is 3.58. The van der Waals surface area contributed by atoms with Crippen LogP contribution in [0.1, 0.15) is 22.2 Å². The number of hydrogen-bond donors (Lipinski definition) is 0. The summed E-state index contributed by atoms with van der Waals surface area (Å²) in [5.41, 5.74) is 0.349. The predicted octanol–water partition coefficient (Wildman–Crippen LogP) is 3.26. The Labute approximate surface area is 180 Å². The van der Waals surface area contributed by atoms with Crippen molar-refractivity contribution in [3.05, 3.63) is 46.9 Å². The molecule has 3 rings (SSSR count). The van der Waals surface area contributed by atoms with E-state index >= 15 is 0 Å². The van der Waals surface area contributed by atoms with Gasteiger partial charge in [0.05, 0.1) is 38.1 Å². The van der Waals surface area contributed by atoms with Gasteiger partial charge in [0.1, 0.15) is 5.75 Å². The van der Waals surface area contributed by atoms with E-state index < -0.39 is 18.6 Å². The number of rotatable bonds is 10. The molecule has 0 saturated carbocycles. The Morgan fingerprint density at radius 3 is 2.84 bits per heavy atom. The second kappa shape index (κ2) is 9.81. The summed E-state index contributed by atoms with van der Waals surface area (Å²) in [5.74, 6) is -2.81. The average Bonchev–Trinajstić information content (AvgIpc) is 3.48. The first-order chi connectivity index (χ1) is 14.8. The molecule has 1 amide bonds. The van der Waals surface area contributed by atoms with E-state index in [0.29, 0.717) is 18.7 Å². The van der Waals surface area contributed by atoms with Crippen LogP contribution in [0.2, 0.25) is 0 Å². The van der Waals surface area contributed by atoms with Gasteiger partial charge in [-0.05, 0) is 13.0 Å². The summed E-state index contributed by atoms with van der Waals surface area (Å²) in [6, 6.07) is 1.61. The molecule has 1 fully saturated rings.